The number of nitrogens with one attached hydrogen (secondary N) is 1. The predicted molar refractivity (Wildman–Crippen MR) is 122 cm³/mol. The van der Waals surface area contributed by atoms with E-state index in [0.29, 0.717) is 17.5 Å². The minimum Gasteiger partial charge on any atom is -0.393 e. The van der Waals surface area contributed by atoms with E-state index in [1.807, 2.05) is 0 Å². The van der Waals surface area contributed by atoms with Gasteiger partial charge < -0.3 is 9.67 Å². The number of aromatic nitrogens is 2. The first kappa shape index (κ1) is 23.9. The molecule has 1 heterocycles. The summed E-state index contributed by atoms with van der Waals surface area (Å²) in [4.78, 5) is 29.7. The van der Waals surface area contributed by atoms with Gasteiger partial charge in [-0.2, -0.15) is 0 Å². The van der Waals surface area contributed by atoms with Crippen molar-refractivity contribution in [3.05, 3.63) is 59.2 Å². The molecule has 0 aliphatic heterocycles. The van der Waals surface area contributed by atoms with Crippen molar-refractivity contribution in [3.8, 4) is 0 Å². The number of hydrogen-bond donors (Lipinski definition) is 2. The molecule has 0 spiro atoms. The van der Waals surface area contributed by atoms with Crippen molar-refractivity contribution in [1.29, 1.82) is 0 Å². The number of amides is 1. The number of anilines is 1. The Labute approximate surface area is 194 Å². The molecule has 2 atom stereocenters. The van der Waals surface area contributed by atoms with Crippen LogP contribution in [0.4, 0.5) is 19.1 Å². The monoisotopic (exact) mass is 473 g/mol. The first-order valence-electron chi connectivity index (χ1n) is 11.2. The highest BCUT2D eigenvalue weighted by molar-refractivity contribution is 6.04. The number of carbonyl (C=O) groups is 2. The maximum atomic E-state index is 14.8. The summed E-state index contributed by atoms with van der Waals surface area (Å²) in [6, 6.07) is 10.4. The van der Waals surface area contributed by atoms with Gasteiger partial charge in [-0.15, -0.1) is 0 Å². The quantitative estimate of drug-likeness (QED) is 0.496. The molecule has 1 unspecified atom stereocenters. The van der Waals surface area contributed by atoms with E-state index in [4.69, 9.17) is 0 Å². The summed E-state index contributed by atoms with van der Waals surface area (Å²) >= 11 is 0. The molecule has 2 aromatic carbocycles. The SMILES string of the molecule is C[C@](F)(CO)Cn1c(NC(=O)c2cccc(C(F)F)c2)nc2cc(C3CCCCC3=O)ccc21. The lowest BCUT2D eigenvalue weighted by Crippen LogP contribution is -2.30. The molecule has 1 aliphatic rings. The minimum absolute atomic E-state index is 0.00932. The number of nitrogens with zero attached hydrogens (tertiary/aromatic N) is 2. The molecule has 1 aliphatic carbocycles. The highest BCUT2D eigenvalue weighted by atomic mass is 19.3. The second-order valence-corrected chi connectivity index (χ2v) is 8.99. The Balaban J connectivity index is 1.72. The van der Waals surface area contributed by atoms with E-state index in [0.717, 1.165) is 30.9 Å². The summed E-state index contributed by atoms with van der Waals surface area (Å²) in [5, 5.41) is 12.0. The van der Waals surface area contributed by atoms with Crippen LogP contribution in [-0.2, 0) is 11.3 Å². The number of rotatable bonds is 7. The molecule has 3 aromatic rings. The number of ketones is 1. The molecule has 1 aromatic heterocycles. The van der Waals surface area contributed by atoms with Crippen LogP contribution < -0.4 is 5.32 Å². The molecule has 0 bridgehead atoms. The number of alkyl halides is 3. The molecule has 0 radical (unpaired) electrons. The molecule has 0 saturated heterocycles. The largest absolute Gasteiger partial charge is 0.393 e. The number of carbonyl (C=O) groups excluding carboxylic acids is 2. The van der Waals surface area contributed by atoms with Crippen LogP contribution >= 0.6 is 0 Å². The van der Waals surface area contributed by atoms with Crippen LogP contribution in [0, 0.1) is 0 Å². The molecular weight excluding hydrogens is 447 g/mol. The Morgan fingerprint density at radius 3 is 2.76 bits per heavy atom. The number of benzene rings is 2. The first-order valence-corrected chi connectivity index (χ1v) is 11.2. The van der Waals surface area contributed by atoms with Crippen LogP contribution in [0.15, 0.2) is 42.5 Å². The van der Waals surface area contributed by atoms with Crippen LogP contribution in [-0.4, -0.2) is 38.6 Å². The van der Waals surface area contributed by atoms with Crippen LogP contribution in [0.25, 0.3) is 11.0 Å². The summed E-state index contributed by atoms with van der Waals surface area (Å²) in [6.45, 7) is 0.186. The van der Waals surface area contributed by atoms with Gasteiger partial charge in [-0.25, -0.2) is 18.2 Å². The van der Waals surface area contributed by atoms with Crippen LogP contribution in [0.2, 0.25) is 0 Å². The molecule has 34 heavy (non-hydrogen) atoms. The molecule has 4 rings (SSSR count). The van der Waals surface area contributed by atoms with Crippen molar-refractivity contribution in [3.63, 3.8) is 0 Å². The zero-order chi connectivity index (χ0) is 24.5. The average molecular weight is 473 g/mol. The predicted octanol–water partition coefficient (Wildman–Crippen LogP) is 5.17. The van der Waals surface area contributed by atoms with Gasteiger partial charge >= 0.3 is 0 Å². The van der Waals surface area contributed by atoms with Crippen molar-refractivity contribution in [2.75, 3.05) is 11.9 Å². The van der Waals surface area contributed by atoms with Crippen molar-refractivity contribution < 1.29 is 27.9 Å². The zero-order valence-corrected chi connectivity index (χ0v) is 18.7. The van der Waals surface area contributed by atoms with Crippen molar-refractivity contribution in [1.82, 2.24) is 9.55 Å². The van der Waals surface area contributed by atoms with E-state index >= 15 is 0 Å². The van der Waals surface area contributed by atoms with Gasteiger partial charge in [0.1, 0.15) is 11.5 Å². The number of imidazole rings is 1. The topological polar surface area (TPSA) is 84.2 Å². The summed E-state index contributed by atoms with van der Waals surface area (Å²) in [6.07, 6.45) is 0.397. The number of Topliss-reactive ketones (excluding diaryl/α,β-unsaturated/α-hetero) is 1. The van der Waals surface area contributed by atoms with Gasteiger partial charge in [-0.1, -0.05) is 24.6 Å². The Hall–Kier alpha value is -3.20. The Morgan fingerprint density at radius 2 is 2.06 bits per heavy atom. The van der Waals surface area contributed by atoms with Crippen LogP contribution in [0.1, 0.15) is 66.4 Å². The average Bonchev–Trinajstić information content (AvgIpc) is 3.14. The maximum Gasteiger partial charge on any atom is 0.263 e. The highest BCUT2D eigenvalue weighted by Crippen LogP contribution is 2.33. The molecule has 6 nitrogen and oxygen atoms in total. The molecule has 2 N–H and O–H groups in total. The lowest BCUT2D eigenvalue weighted by Gasteiger charge is -2.21. The van der Waals surface area contributed by atoms with Crippen molar-refractivity contribution in [2.24, 2.45) is 0 Å². The van der Waals surface area contributed by atoms with Gasteiger partial charge in [0, 0.05) is 23.5 Å². The van der Waals surface area contributed by atoms with E-state index in [-0.39, 0.29) is 35.3 Å². The van der Waals surface area contributed by atoms with Crippen molar-refractivity contribution in [2.45, 2.75) is 57.2 Å². The summed E-state index contributed by atoms with van der Waals surface area (Å²) in [5.41, 5.74) is -0.493. The number of aliphatic hydroxyl groups excluding tert-OH is 1. The smallest absolute Gasteiger partial charge is 0.263 e. The maximum absolute atomic E-state index is 14.8. The lowest BCUT2D eigenvalue weighted by atomic mass is 9.83. The number of hydrogen-bond acceptors (Lipinski definition) is 4. The van der Waals surface area contributed by atoms with Crippen molar-refractivity contribution >= 4 is 28.7 Å². The molecular formula is C25H26F3N3O3. The number of fused-ring (bicyclic) bond motifs is 1. The first-order chi connectivity index (χ1) is 16.2. The normalized spacial score (nSPS) is 18.3. The fourth-order valence-electron chi connectivity index (χ4n) is 4.32. The molecule has 9 heteroatoms. The van der Waals surface area contributed by atoms with E-state index in [1.54, 1.807) is 18.2 Å². The minimum atomic E-state index is -2.73. The van der Waals surface area contributed by atoms with E-state index in [9.17, 15) is 27.9 Å². The molecule has 1 fully saturated rings. The Bertz CT molecular complexity index is 1220. The van der Waals surface area contributed by atoms with Gasteiger partial charge in [0.25, 0.3) is 12.3 Å². The summed E-state index contributed by atoms with van der Waals surface area (Å²) in [5.74, 6) is -0.699. The second kappa shape index (κ2) is 9.58. The van der Waals surface area contributed by atoms with Gasteiger partial charge in [0.15, 0.2) is 0 Å². The van der Waals surface area contributed by atoms with Gasteiger partial charge in [-0.05, 0) is 49.6 Å². The standard InChI is InChI=1S/C25H26F3N3O3/c1-25(28,14-32)13-31-20-10-9-15(18-7-2-3-8-21(18)33)12-19(20)29-24(31)30-23(34)17-6-4-5-16(11-17)22(26)27/h4-6,9-12,18,22,32H,2-3,7-8,13-14H2,1H3,(H,29,30,34)/t18?,25-/m1/s1. The van der Waals surface area contributed by atoms with Gasteiger partial charge in [0.2, 0.25) is 5.95 Å². The lowest BCUT2D eigenvalue weighted by molar-refractivity contribution is -0.121. The Morgan fingerprint density at radius 1 is 1.26 bits per heavy atom. The molecule has 180 valence electrons. The Kier molecular flexibility index (Phi) is 6.74. The summed E-state index contributed by atoms with van der Waals surface area (Å²) < 4.78 is 42.3. The van der Waals surface area contributed by atoms with Crippen LogP contribution in [0.3, 0.4) is 0 Å². The van der Waals surface area contributed by atoms with Gasteiger partial charge in [-0.3, -0.25) is 14.9 Å². The van der Waals surface area contributed by atoms with E-state index in [1.165, 1.54) is 29.7 Å². The van der Waals surface area contributed by atoms with Crippen LogP contribution in [0.5, 0.6) is 0 Å². The molecule has 1 saturated carbocycles. The third-order valence-corrected chi connectivity index (χ3v) is 6.17. The van der Waals surface area contributed by atoms with E-state index < -0.39 is 24.6 Å². The number of halogens is 3. The summed E-state index contributed by atoms with van der Waals surface area (Å²) in [7, 11) is 0. The third-order valence-electron chi connectivity index (χ3n) is 6.17. The number of aliphatic hydroxyl groups is 1. The second-order valence-electron chi connectivity index (χ2n) is 8.99. The molecule has 1 amide bonds. The third kappa shape index (κ3) is 4.99. The van der Waals surface area contributed by atoms with E-state index in [2.05, 4.69) is 10.3 Å². The highest BCUT2D eigenvalue weighted by Gasteiger charge is 2.28. The fraction of sp³-hybridized carbons (Fsp3) is 0.400. The van der Waals surface area contributed by atoms with Gasteiger partial charge in [0.05, 0.1) is 24.2 Å². The fourth-order valence-corrected chi connectivity index (χ4v) is 4.32. The zero-order valence-electron chi connectivity index (χ0n) is 18.7.